The lowest BCUT2D eigenvalue weighted by atomic mass is 9.90. The Kier molecular flexibility index (Phi) is 4.56. The molecule has 5 rings (SSSR count). The van der Waals surface area contributed by atoms with Crippen molar-refractivity contribution in [1.82, 2.24) is 20.0 Å². The number of fused-ring (bicyclic) bond motifs is 1. The van der Waals surface area contributed by atoms with E-state index in [-0.39, 0.29) is 23.4 Å². The molecule has 0 unspecified atom stereocenters. The summed E-state index contributed by atoms with van der Waals surface area (Å²) in [7, 11) is 0. The molecule has 1 aliphatic heterocycles. The van der Waals surface area contributed by atoms with Crippen LogP contribution >= 0.6 is 23.2 Å². The van der Waals surface area contributed by atoms with E-state index >= 15 is 0 Å². The van der Waals surface area contributed by atoms with Gasteiger partial charge in [-0.15, -0.1) is 10.2 Å². The molecule has 0 fully saturated rings. The normalized spacial score (nSPS) is 15.7. The molecule has 1 aromatic carbocycles. The highest BCUT2D eigenvalue weighted by Crippen LogP contribution is 2.41. The molecule has 0 saturated carbocycles. The van der Waals surface area contributed by atoms with Crippen molar-refractivity contribution in [2.24, 2.45) is 0 Å². The minimum absolute atomic E-state index is 0.128. The van der Waals surface area contributed by atoms with Gasteiger partial charge in [0.2, 0.25) is 5.91 Å². The number of carbonyl (C=O) groups excluding carboxylic acids is 1. The van der Waals surface area contributed by atoms with Gasteiger partial charge >= 0.3 is 0 Å². The van der Waals surface area contributed by atoms with Crippen LogP contribution in [0.25, 0.3) is 17.1 Å². The van der Waals surface area contributed by atoms with Gasteiger partial charge in [-0.1, -0.05) is 35.3 Å². The van der Waals surface area contributed by atoms with Gasteiger partial charge in [0.25, 0.3) is 0 Å². The number of aromatic nitrogens is 4. The highest BCUT2D eigenvalue weighted by molar-refractivity contribution is 6.30. The second-order valence-corrected chi connectivity index (χ2v) is 7.81. The first-order valence-corrected chi connectivity index (χ1v) is 10.00. The topological polar surface area (TPSA) is 85.8 Å². The predicted octanol–water partition coefficient (Wildman–Crippen LogP) is 5.01. The molecule has 4 aromatic rings. The van der Waals surface area contributed by atoms with Crippen LogP contribution in [-0.4, -0.2) is 25.9 Å². The number of rotatable bonds is 3. The van der Waals surface area contributed by atoms with Crippen molar-refractivity contribution in [2.75, 3.05) is 5.32 Å². The van der Waals surface area contributed by atoms with Crippen molar-refractivity contribution in [2.45, 2.75) is 19.3 Å². The largest absolute Gasteiger partial charge is 0.460 e. The fourth-order valence-corrected chi connectivity index (χ4v) is 4.01. The SMILES string of the molecule is Cc1nn(-c2ccc(Cl)nn2)c2c1[C@@H](c1ccc(-c3cccc(Cl)c3)o1)CC(=O)N2. The van der Waals surface area contributed by atoms with Crippen molar-refractivity contribution in [3.63, 3.8) is 0 Å². The van der Waals surface area contributed by atoms with Gasteiger partial charge in [0.15, 0.2) is 11.0 Å². The van der Waals surface area contributed by atoms with Gasteiger partial charge in [-0.05, 0) is 43.3 Å². The molecule has 3 aromatic heterocycles. The average molecular weight is 440 g/mol. The van der Waals surface area contributed by atoms with Gasteiger partial charge in [-0.2, -0.15) is 9.78 Å². The van der Waals surface area contributed by atoms with E-state index in [9.17, 15) is 4.79 Å². The quantitative estimate of drug-likeness (QED) is 0.484. The molecule has 0 bridgehead atoms. The zero-order valence-corrected chi connectivity index (χ0v) is 17.3. The smallest absolute Gasteiger partial charge is 0.226 e. The molecule has 4 heterocycles. The van der Waals surface area contributed by atoms with Crippen LogP contribution in [0.5, 0.6) is 0 Å². The Bertz CT molecular complexity index is 1260. The van der Waals surface area contributed by atoms with Crippen molar-refractivity contribution in [1.29, 1.82) is 0 Å². The lowest BCUT2D eigenvalue weighted by molar-refractivity contribution is -0.116. The number of nitrogens with one attached hydrogen (secondary N) is 1. The van der Waals surface area contributed by atoms with Crippen LogP contribution in [0.1, 0.15) is 29.4 Å². The molecule has 150 valence electrons. The zero-order chi connectivity index (χ0) is 20.8. The number of hydrogen-bond acceptors (Lipinski definition) is 5. The first-order valence-electron chi connectivity index (χ1n) is 9.24. The third-order valence-electron chi connectivity index (χ3n) is 5.02. The molecule has 1 N–H and O–H groups in total. The summed E-state index contributed by atoms with van der Waals surface area (Å²) in [6, 6.07) is 14.5. The van der Waals surface area contributed by atoms with E-state index in [0.717, 1.165) is 16.8 Å². The van der Waals surface area contributed by atoms with Gasteiger partial charge in [0, 0.05) is 22.6 Å². The maximum Gasteiger partial charge on any atom is 0.226 e. The Labute approximate surface area is 181 Å². The number of carbonyl (C=O) groups is 1. The number of nitrogens with zero attached hydrogens (tertiary/aromatic N) is 4. The molecule has 1 amide bonds. The maximum atomic E-state index is 12.5. The van der Waals surface area contributed by atoms with Crippen LogP contribution in [0.4, 0.5) is 5.82 Å². The van der Waals surface area contributed by atoms with E-state index in [1.807, 2.05) is 43.3 Å². The van der Waals surface area contributed by atoms with Gasteiger partial charge < -0.3 is 9.73 Å². The number of halogens is 2. The molecule has 1 aliphatic rings. The molecule has 7 nitrogen and oxygen atoms in total. The second kappa shape index (κ2) is 7.27. The summed E-state index contributed by atoms with van der Waals surface area (Å²) in [6.45, 7) is 1.89. The molecular weight excluding hydrogens is 425 g/mol. The van der Waals surface area contributed by atoms with Crippen molar-refractivity contribution in [3.05, 3.63) is 75.7 Å². The summed E-state index contributed by atoms with van der Waals surface area (Å²) in [5, 5.41) is 16.3. The Balaban J connectivity index is 1.58. The van der Waals surface area contributed by atoms with E-state index in [1.165, 1.54) is 0 Å². The number of benzene rings is 1. The molecule has 1 atom stereocenters. The van der Waals surface area contributed by atoms with Crippen LogP contribution in [-0.2, 0) is 4.79 Å². The standard InChI is InChI=1S/C21H15Cl2N5O2/c1-11-20-14(16-6-5-15(30-16)12-3-2-4-13(22)9-12)10-19(29)24-21(20)28(27-11)18-8-7-17(23)25-26-18/h2-9,14H,10H2,1H3,(H,24,29)/t14-/m1/s1. The molecule has 0 aliphatic carbocycles. The zero-order valence-electron chi connectivity index (χ0n) is 15.8. The van der Waals surface area contributed by atoms with Crippen LogP contribution in [0.2, 0.25) is 10.2 Å². The summed E-state index contributed by atoms with van der Waals surface area (Å²) in [5.41, 5.74) is 2.53. The number of furan rings is 1. The van der Waals surface area contributed by atoms with Crippen molar-refractivity contribution < 1.29 is 9.21 Å². The number of hydrogen-bond donors (Lipinski definition) is 1. The maximum absolute atomic E-state index is 12.5. The summed E-state index contributed by atoms with van der Waals surface area (Å²) in [4.78, 5) is 12.5. The van der Waals surface area contributed by atoms with E-state index in [2.05, 4.69) is 20.6 Å². The predicted molar refractivity (Wildman–Crippen MR) is 113 cm³/mol. The fraction of sp³-hybridized carbons (Fsp3) is 0.143. The summed E-state index contributed by atoms with van der Waals surface area (Å²) >= 11 is 11.9. The Morgan fingerprint density at radius 2 is 2.00 bits per heavy atom. The first-order chi connectivity index (χ1) is 14.5. The highest BCUT2D eigenvalue weighted by Gasteiger charge is 2.34. The van der Waals surface area contributed by atoms with Crippen LogP contribution < -0.4 is 5.32 Å². The van der Waals surface area contributed by atoms with Crippen molar-refractivity contribution in [3.8, 4) is 17.1 Å². The van der Waals surface area contributed by atoms with E-state index in [0.29, 0.717) is 28.2 Å². The molecule has 0 radical (unpaired) electrons. The number of amides is 1. The van der Waals surface area contributed by atoms with Gasteiger partial charge in [0.1, 0.15) is 17.3 Å². The molecule has 30 heavy (non-hydrogen) atoms. The van der Waals surface area contributed by atoms with Gasteiger partial charge in [-0.3, -0.25) is 4.79 Å². The minimum Gasteiger partial charge on any atom is -0.460 e. The molecular formula is C21H15Cl2N5O2. The third kappa shape index (κ3) is 3.26. The van der Waals surface area contributed by atoms with E-state index in [1.54, 1.807) is 16.8 Å². The lowest BCUT2D eigenvalue weighted by Crippen LogP contribution is -2.24. The average Bonchev–Trinajstić information content (AvgIpc) is 3.34. The van der Waals surface area contributed by atoms with Crippen molar-refractivity contribution >= 4 is 34.9 Å². The fourth-order valence-electron chi connectivity index (χ4n) is 3.71. The summed E-state index contributed by atoms with van der Waals surface area (Å²) in [5.74, 6) is 2.00. The molecule has 0 saturated heterocycles. The van der Waals surface area contributed by atoms with Gasteiger partial charge in [-0.25, -0.2) is 0 Å². The lowest BCUT2D eigenvalue weighted by Gasteiger charge is -2.22. The van der Waals surface area contributed by atoms with Crippen LogP contribution in [0.15, 0.2) is 52.9 Å². The van der Waals surface area contributed by atoms with Crippen LogP contribution in [0, 0.1) is 6.92 Å². The molecule has 0 spiro atoms. The number of anilines is 1. The Hall–Kier alpha value is -3.16. The Morgan fingerprint density at radius 1 is 1.13 bits per heavy atom. The second-order valence-electron chi connectivity index (χ2n) is 6.99. The summed E-state index contributed by atoms with van der Waals surface area (Å²) in [6.07, 6.45) is 0.258. The first kappa shape index (κ1) is 18.8. The highest BCUT2D eigenvalue weighted by atomic mass is 35.5. The third-order valence-corrected chi connectivity index (χ3v) is 5.45. The van der Waals surface area contributed by atoms with Gasteiger partial charge in [0.05, 0.1) is 11.6 Å². The summed E-state index contributed by atoms with van der Waals surface area (Å²) < 4.78 is 7.70. The Morgan fingerprint density at radius 3 is 2.77 bits per heavy atom. The van der Waals surface area contributed by atoms with E-state index in [4.69, 9.17) is 27.6 Å². The van der Waals surface area contributed by atoms with E-state index < -0.39 is 0 Å². The number of aryl methyl sites for hydroxylation is 1. The van der Waals surface area contributed by atoms with Crippen LogP contribution in [0.3, 0.4) is 0 Å². The monoisotopic (exact) mass is 439 g/mol. The molecule has 9 heteroatoms. The minimum atomic E-state index is -0.268.